The van der Waals surface area contributed by atoms with Crippen molar-refractivity contribution in [2.75, 3.05) is 33.9 Å². The number of hydrogen-bond donors (Lipinski definition) is 1. The maximum absolute atomic E-state index is 11.7. The highest BCUT2D eigenvalue weighted by Gasteiger charge is 2.23. The predicted octanol–water partition coefficient (Wildman–Crippen LogP) is 0.294. The van der Waals surface area contributed by atoms with Crippen LogP contribution >= 0.6 is 0 Å². The van der Waals surface area contributed by atoms with Crippen LogP contribution in [0.15, 0.2) is 24.3 Å². The highest BCUT2D eigenvalue weighted by molar-refractivity contribution is 5.71. The average Bonchev–Trinajstić information content (AvgIpc) is 2.46. The van der Waals surface area contributed by atoms with Gasteiger partial charge in [-0.1, -0.05) is 0 Å². The summed E-state index contributed by atoms with van der Waals surface area (Å²) in [7, 11) is 3.73. The molecule has 1 heterocycles. The Kier molecular flexibility index (Phi) is 5.24. The lowest BCUT2D eigenvalue weighted by Crippen LogP contribution is -3.11. The summed E-state index contributed by atoms with van der Waals surface area (Å²) in [5, 5.41) is 0. The lowest BCUT2D eigenvalue weighted by molar-refractivity contribution is -0.888. The van der Waals surface area contributed by atoms with Crippen molar-refractivity contribution >= 4 is 5.97 Å². The van der Waals surface area contributed by atoms with Gasteiger partial charge in [-0.15, -0.1) is 0 Å². The molecule has 0 radical (unpaired) electrons. The number of esters is 1. The molecule has 1 fully saturated rings. The van der Waals surface area contributed by atoms with E-state index in [-0.39, 0.29) is 18.7 Å². The summed E-state index contributed by atoms with van der Waals surface area (Å²) in [6, 6.07) is 7.12. The first-order valence-electron chi connectivity index (χ1n) is 6.95. The molecule has 2 rings (SSSR count). The molecule has 0 aromatic heterocycles. The number of likely N-dealkylation sites (N-methyl/N-ethyl adjacent to an activating group) is 1. The van der Waals surface area contributed by atoms with Crippen molar-refractivity contribution in [1.29, 1.82) is 0 Å². The van der Waals surface area contributed by atoms with Crippen LogP contribution in [0.2, 0.25) is 0 Å². The second kappa shape index (κ2) is 7.14. The highest BCUT2D eigenvalue weighted by Crippen LogP contribution is 2.17. The Morgan fingerprint density at radius 3 is 2.65 bits per heavy atom. The summed E-state index contributed by atoms with van der Waals surface area (Å²) in [6.45, 7) is 1.98. The van der Waals surface area contributed by atoms with Crippen molar-refractivity contribution in [2.45, 2.75) is 18.9 Å². The minimum absolute atomic E-state index is 0.0238. The molecule has 5 nitrogen and oxygen atoms in total. The normalized spacial score (nSPS) is 22.1. The van der Waals surface area contributed by atoms with E-state index in [1.165, 1.54) is 4.90 Å². The number of ether oxygens (including phenoxy) is 3. The lowest BCUT2D eigenvalue weighted by Gasteiger charge is -2.26. The summed E-state index contributed by atoms with van der Waals surface area (Å²) in [5.41, 5.74) is 0. The predicted molar refractivity (Wildman–Crippen MR) is 74.2 cm³/mol. The van der Waals surface area contributed by atoms with E-state index in [9.17, 15) is 4.79 Å². The van der Waals surface area contributed by atoms with Crippen molar-refractivity contribution in [3.05, 3.63) is 24.3 Å². The fourth-order valence-electron chi connectivity index (χ4n) is 2.36. The van der Waals surface area contributed by atoms with Crippen molar-refractivity contribution in [2.24, 2.45) is 0 Å². The van der Waals surface area contributed by atoms with Crippen molar-refractivity contribution < 1.29 is 23.9 Å². The van der Waals surface area contributed by atoms with Crippen LogP contribution in [-0.2, 0) is 9.53 Å². The van der Waals surface area contributed by atoms with Crippen molar-refractivity contribution in [1.82, 2.24) is 0 Å². The van der Waals surface area contributed by atoms with Gasteiger partial charge in [0.2, 0.25) is 0 Å². The summed E-state index contributed by atoms with van der Waals surface area (Å²) in [4.78, 5) is 13.1. The summed E-state index contributed by atoms with van der Waals surface area (Å²) in [6.07, 6.45) is 2.07. The van der Waals surface area contributed by atoms with Crippen molar-refractivity contribution in [3.63, 3.8) is 0 Å². The highest BCUT2D eigenvalue weighted by atomic mass is 16.6. The molecule has 110 valence electrons. The van der Waals surface area contributed by atoms with Crippen molar-refractivity contribution in [3.8, 4) is 11.5 Å². The SMILES string of the molecule is COc1ccc(OCC(=O)O[C@@H]2CCC[NH+](C)C2)cc1. The van der Waals surface area contributed by atoms with Gasteiger partial charge >= 0.3 is 5.97 Å². The fourth-order valence-corrected chi connectivity index (χ4v) is 2.36. The molecule has 2 atom stereocenters. The monoisotopic (exact) mass is 280 g/mol. The van der Waals surface area contributed by atoms with Gasteiger partial charge in [0.05, 0.1) is 20.7 Å². The second-order valence-corrected chi connectivity index (χ2v) is 5.13. The number of carbonyl (C=O) groups excluding carboxylic acids is 1. The van der Waals surface area contributed by atoms with Gasteiger partial charge in [-0.25, -0.2) is 4.79 Å². The van der Waals surface area contributed by atoms with Gasteiger partial charge in [-0.3, -0.25) is 0 Å². The van der Waals surface area contributed by atoms with Crippen LogP contribution < -0.4 is 14.4 Å². The minimum Gasteiger partial charge on any atom is -0.497 e. The number of piperidine rings is 1. The Balaban J connectivity index is 1.73. The van der Waals surface area contributed by atoms with Gasteiger partial charge in [0.15, 0.2) is 12.7 Å². The van der Waals surface area contributed by atoms with E-state index in [0.717, 1.165) is 31.7 Å². The average molecular weight is 280 g/mol. The third-order valence-electron chi connectivity index (χ3n) is 3.42. The quantitative estimate of drug-likeness (QED) is 0.788. The Morgan fingerprint density at radius 2 is 2.00 bits per heavy atom. The Hall–Kier alpha value is -1.75. The zero-order valence-corrected chi connectivity index (χ0v) is 12.1. The van der Waals surface area contributed by atoms with Crippen LogP contribution in [0.25, 0.3) is 0 Å². The van der Waals surface area contributed by atoms with Gasteiger partial charge in [0, 0.05) is 6.42 Å². The van der Waals surface area contributed by atoms with Crippen LogP contribution in [0.1, 0.15) is 12.8 Å². The van der Waals surface area contributed by atoms with Gasteiger partial charge in [-0.2, -0.15) is 0 Å². The lowest BCUT2D eigenvalue weighted by atomic mass is 10.1. The second-order valence-electron chi connectivity index (χ2n) is 5.13. The molecular weight excluding hydrogens is 258 g/mol. The molecule has 0 aliphatic carbocycles. The van der Waals surface area contributed by atoms with Gasteiger partial charge in [0.1, 0.15) is 18.0 Å². The number of benzene rings is 1. The fraction of sp³-hybridized carbons (Fsp3) is 0.533. The van der Waals surface area contributed by atoms with Gasteiger partial charge < -0.3 is 19.1 Å². The number of quaternary nitrogens is 1. The molecule has 0 saturated carbocycles. The molecule has 5 heteroatoms. The molecule has 0 spiro atoms. The van der Waals surface area contributed by atoms with E-state index < -0.39 is 0 Å². The van der Waals surface area contributed by atoms with Crippen LogP contribution in [-0.4, -0.2) is 45.9 Å². The molecule has 1 aromatic rings. The maximum Gasteiger partial charge on any atom is 0.344 e. The van der Waals surface area contributed by atoms with E-state index in [4.69, 9.17) is 14.2 Å². The first-order chi connectivity index (χ1) is 9.67. The first kappa shape index (κ1) is 14.7. The molecule has 20 heavy (non-hydrogen) atoms. The topological polar surface area (TPSA) is 49.2 Å². The number of carbonyl (C=O) groups is 1. The van der Waals surface area contributed by atoms with Gasteiger partial charge in [-0.05, 0) is 30.7 Å². The maximum atomic E-state index is 11.7. The van der Waals surface area contributed by atoms with E-state index in [0.29, 0.717) is 5.75 Å². The Morgan fingerprint density at radius 1 is 1.30 bits per heavy atom. The zero-order chi connectivity index (χ0) is 14.4. The molecule has 1 aromatic carbocycles. The van der Waals surface area contributed by atoms with Gasteiger partial charge in [0.25, 0.3) is 0 Å². The molecular formula is C15H22NO4+. The molecule has 1 aliphatic rings. The Labute approximate surface area is 119 Å². The van der Waals surface area contributed by atoms with Crippen LogP contribution in [0.3, 0.4) is 0 Å². The number of methoxy groups -OCH3 is 1. The molecule has 1 unspecified atom stereocenters. The third-order valence-corrected chi connectivity index (χ3v) is 3.42. The molecule has 1 aliphatic heterocycles. The molecule has 0 bridgehead atoms. The standard InChI is InChI=1S/C15H21NO4/c1-16-9-3-4-14(10-16)20-15(17)11-19-13-7-5-12(18-2)6-8-13/h5-8,14H,3-4,9-11H2,1-2H3/p+1/t14-/m1/s1. The largest absolute Gasteiger partial charge is 0.497 e. The van der Waals surface area contributed by atoms with E-state index in [1.807, 2.05) is 0 Å². The molecule has 0 amide bonds. The molecule has 1 N–H and O–H groups in total. The number of likely N-dealkylation sites (tertiary alicyclic amines) is 1. The van der Waals surface area contributed by atoms with Crippen LogP contribution in [0.5, 0.6) is 11.5 Å². The smallest absolute Gasteiger partial charge is 0.344 e. The first-order valence-corrected chi connectivity index (χ1v) is 6.95. The minimum atomic E-state index is -0.305. The summed E-state index contributed by atoms with van der Waals surface area (Å²) < 4.78 is 15.9. The van der Waals surface area contributed by atoms with Crippen LogP contribution in [0.4, 0.5) is 0 Å². The zero-order valence-electron chi connectivity index (χ0n) is 12.1. The molecule has 1 saturated heterocycles. The van der Waals surface area contributed by atoms with E-state index in [1.54, 1.807) is 31.4 Å². The Bertz CT molecular complexity index is 432. The van der Waals surface area contributed by atoms with E-state index in [2.05, 4.69) is 7.05 Å². The summed E-state index contributed by atoms with van der Waals surface area (Å²) in [5.74, 6) is 1.09. The number of hydrogen-bond acceptors (Lipinski definition) is 4. The number of nitrogens with one attached hydrogen (secondary N) is 1. The number of rotatable bonds is 5. The summed E-state index contributed by atoms with van der Waals surface area (Å²) >= 11 is 0. The van der Waals surface area contributed by atoms with Crippen LogP contribution in [0, 0.1) is 0 Å². The third kappa shape index (κ3) is 4.42. The van der Waals surface area contributed by atoms with E-state index >= 15 is 0 Å².